The number of hydrogen-bond acceptors (Lipinski definition) is 2. The third kappa shape index (κ3) is 1.78. The van der Waals surface area contributed by atoms with Crippen LogP contribution in [0.5, 0.6) is 0 Å². The van der Waals surface area contributed by atoms with E-state index in [1.54, 1.807) is 0 Å². The molecule has 0 bridgehead atoms. The van der Waals surface area contributed by atoms with Crippen LogP contribution in [-0.4, -0.2) is 17.6 Å². The zero-order chi connectivity index (χ0) is 9.57. The Balaban J connectivity index is 2.78. The highest BCUT2D eigenvalue weighted by Crippen LogP contribution is 2.24. The monoisotopic (exact) mass is 170 g/mol. The van der Waals surface area contributed by atoms with Gasteiger partial charge in [-0.05, 0) is 19.3 Å². The van der Waals surface area contributed by atoms with Crippen molar-refractivity contribution in [3.63, 3.8) is 0 Å². The van der Waals surface area contributed by atoms with E-state index >= 15 is 0 Å². The fraction of sp³-hybridized carbons (Fsp3) is 0.889. The van der Waals surface area contributed by atoms with Crippen LogP contribution in [0.1, 0.15) is 34.6 Å². The smallest absolute Gasteiger partial charge is 0.239 e. The van der Waals surface area contributed by atoms with Crippen molar-refractivity contribution in [1.29, 1.82) is 0 Å². The van der Waals surface area contributed by atoms with Crippen molar-refractivity contribution in [3.8, 4) is 0 Å². The summed E-state index contributed by atoms with van der Waals surface area (Å²) in [5.41, 5.74) is -0.271. The van der Waals surface area contributed by atoms with Gasteiger partial charge in [0.1, 0.15) is 0 Å². The first-order valence-corrected chi connectivity index (χ1v) is 4.32. The van der Waals surface area contributed by atoms with Crippen LogP contribution in [0.15, 0.2) is 0 Å². The van der Waals surface area contributed by atoms with E-state index in [4.69, 9.17) is 0 Å². The van der Waals surface area contributed by atoms with Crippen LogP contribution in [0.4, 0.5) is 0 Å². The minimum Gasteiger partial charge on any atom is -0.337 e. The van der Waals surface area contributed by atoms with E-state index in [1.807, 2.05) is 13.8 Å². The van der Waals surface area contributed by atoms with Crippen molar-refractivity contribution in [2.24, 2.45) is 5.41 Å². The number of nitrogens with one attached hydrogen (secondary N) is 2. The molecule has 12 heavy (non-hydrogen) atoms. The largest absolute Gasteiger partial charge is 0.337 e. The predicted molar refractivity (Wildman–Crippen MR) is 48.6 cm³/mol. The van der Waals surface area contributed by atoms with Gasteiger partial charge in [0.15, 0.2) is 0 Å². The van der Waals surface area contributed by atoms with Crippen LogP contribution < -0.4 is 10.6 Å². The lowest BCUT2D eigenvalue weighted by atomic mass is 9.87. The van der Waals surface area contributed by atoms with Gasteiger partial charge in [-0.15, -0.1) is 0 Å². The summed E-state index contributed by atoms with van der Waals surface area (Å²) in [5.74, 6) is 0.104. The van der Waals surface area contributed by atoms with Crippen molar-refractivity contribution >= 4 is 5.91 Å². The molecule has 0 radical (unpaired) electrons. The van der Waals surface area contributed by atoms with E-state index in [1.165, 1.54) is 0 Å². The lowest BCUT2D eigenvalue weighted by Crippen LogP contribution is -2.46. The van der Waals surface area contributed by atoms with Gasteiger partial charge in [-0.3, -0.25) is 10.1 Å². The Morgan fingerprint density at radius 1 is 1.33 bits per heavy atom. The summed E-state index contributed by atoms with van der Waals surface area (Å²) in [6, 6.07) is -0.0764. The molecule has 1 fully saturated rings. The molecule has 1 atom stereocenters. The van der Waals surface area contributed by atoms with Crippen LogP contribution in [-0.2, 0) is 4.79 Å². The third-order valence-electron chi connectivity index (χ3n) is 2.07. The van der Waals surface area contributed by atoms with Crippen LogP contribution >= 0.6 is 0 Å². The van der Waals surface area contributed by atoms with Gasteiger partial charge in [0.05, 0.1) is 11.7 Å². The first-order valence-electron chi connectivity index (χ1n) is 4.32. The second kappa shape index (κ2) is 2.46. The van der Waals surface area contributed by atoms with Crippen molar-refractivity contribution < 1.29 is 4.79 Å². The van der Waals surface area contributed by atoms with Crippen molar-refractivity contribution in [2.45, 2.75) is 46.3 Å². The average Bonchev–Trinajstić information content (AvgIpc) is 2.03. The molecule has 3 nitrogen and oxygen atoms in total. The SMILES string of the molecule is CC1(C)NC(=O)[C@H](C(C)(C)C)N1. The van der Waals surface area contributed by atoms with Crippen molar-refractivity contribution in [2.75, 3.05) is 0 Å². The van der Waals surface area contributed by atoms with Gasteiger partial charge in [0, 0.05) is 0 Å². The number of hydrogen-bond donors (Lipinski definition) is 2. The quantitative estimate of drug-likeness (QED) is 0.566. The van der Waals surface area contributed by atoms with E-state index < -0.39 is 0 Å². The van der Waals surface area contributed by atoms with Gasteiger partial charge in [-0.2, -0.15) is 0 Å². The van der Waals surface area contributed by atoms with Gasteiger partial charge in [-0.1, -0.05) is 20.8 Å². The molecular formula is C9H18N2O. The molecule has 1 aliphatic heterocycles. The Labute approximate surface area is 73.9 Å². The Hall–Kier alpha value is -0.570. The molecule has 1 saturated heterocycles. The van der Waals surface area contributed by atoms with Crippen LogP contribution in [0.2, 0.25) is 0 Å². The molecule has 0 aromatic heterocycles. The number of carbonyl (C=O) groups is 1. The molecule has 1 rings (SSSR count). The third-order valence-corrected chi connectivity index (χ3v) is 2.07. The van der Waals surface area contributed by atoms with E-state index in [9.17, 15) is 4.79 Å². The van der Waals surface area contributed by atoms with Crippen LogP contribution in [0, 0.1) is 5.41 Å². The first-order chi connectivity index (χ1) is 5.22. The molecule has 1 heterocycles. The predicted octanol–water partition coefficient (Wildman–Crippen LogP) is 0.857. The fourth-order valence-corrected chi connectivity index (χ4v) is 1.45. The van der Waals surface area contributed by atoms with Crippen molar-refractivity contribution in [1.82, 2.24) is 10.6 Å². The maximum absolute atomic E-state index is 11.5. The number of amides is 1. The fourth-order valence-electron chi connectivity index (χ4n) is 1.45. The van der Waals surface area contributed by atoms with Gasteiger partial charge in [0.2, 0.25) is 5.91 Å². The molecule has 70 valence electrons. The molecule has 0 saturated carbocycles. The van der Waals surface area contributed by atoms with Gasteiger partial charge in [-0.25, -0.2) is 0 Å². The van der Waals surface area contributed by atoms with Crippen LogP contribution in [0.25, 0.3) is 0 Å². The lowest BCUT2D eigenvalue weighted by molar-refractivity contribution is -0.122. The maximum atomic E-state index is 11.5. The van der Waals surface area contributed by atoms with Gasteiger partial charge in [0.25, 0.3) is 0 Å². The first kappa shape index (κ1) is 9.52. The average molecular weight is 170 g/mol. The summed E-state index contributed by atoms with van der Waals surface area (Å²) in [6.45, 7) is 10.1. The molecule has 0 aromatic carbocycles. The van der Waals surface area contributed by atoms with Gasteiger partial charge < -0.3 is 5.32 Å². The Kier molecular flexibility index (Phi) is 1.95. The van der Waals surface area contributed by atoms with E-state index in [0.717, 1.165) is 0 Å². The van der Waals surface area contributed by atoms with Gasteiger partial charge >= 0.3 is 0 Å². The normalized spacial score (nSPS) is 28.8. The summed E-state index contributed by atoms with van der Waals surface area (Å²) in [5, 5.41) is 6.16. The summed E-state index contributed by atoms with van der Waals surface area (Å²) >= 11 is 0. The topological polar surface area (TPSA) is 41.1 Å². The molecule has 2 N–H and O–H groups in total. The highest BCUT2D eigenvalue weighted by molar-refractivity contribution is 5.85. The van der Waals surface area contributed by atoms with E-state index in [-0.39, 0.29) is 23.0 Å². The maximum Gasteiger partial charge on any atom is 0.239 e. The Morgan fingerprint density at radius 2 is 1.83 bits per heavy atom. The second-order valence-corrected chi connectivity index (χ2v) is 5.06. The zero-order valence-electron chi connectivity index (χ0n) is 8.49. The molecule has 1 aliphatic rings. The second-order valence-electron chi connectivity index (χ2n) is 5.06. The molecule has 3 heteroatoms. The molecule has 0 spiro atoms. The summed E-state index contributed by atoms with van der Waals surface area (Å²) in [6.07, 6.45) is 0. The molecule has 0 aliphatic carbocycles. The highest BCUT2D eigenvalue weighted by atomic mass is 16.2. The Morgan fingerprint density at radius 3 is 2.00 bits per heavy atom. The summed E-state index contributed by atoms with van der Waals surface area (Å²) in [7, 11) is 0. The Bertz CT molecular complexity index is 203. The van der Waals surface area contributed by atoms with E-state index in [0.29, 0.717) is 0 Å². The molecule has 0 unspecified atom stereocenters. The summed E-state index contributed by atoms with van der Waals surface area (Å²) < 4.78 is 0. The highest BCUT2D eigenvalue weighted by Gasteiger charge is 2.42. The minimum atomic E-state index is -0.255. The minimum absolute atomic E-state index is 0.0160. The molecular weight excluding hydrogens is 152 g/mol. The summed E-state index contributed by atoms with van der Waals surface area (Å²) in [4.78, 5) is 11.5. The van der Waals surface area contributed by atoms with Crippen LogP contribution in [0.3, 0.4) is 0 Å². The van der Waals surface area contributed by atoms with Crippen molar-refractivity contribution in [3.05, 3.63) is 0 Å². The number of rotatable bonds is 0. The van der Waals surface area contributed by atoms with E-state index in [2.05, 4.69) is 31.4 Å². The standard InChI is InChI=1S/C9H18N2O/c1-8(2,3)6-7(12)11-9(4,5)10-6/h6,10H,1-5H3,(H,11,12)/t6-/m1/s1. The number of carbonyl (C=O) groups excluding carboxylic acids is 1. The molecule has 1 amide bonds. The zero-order valence-corrected chi connectivity index (χ0v) is 8.49. The molecule has 0 aromatic rings. The lowest BCUT2D eigenvalue weighted by Gasteiger charge is -2.26.